The van der Waals surface area contributed by atoms with E-state index in [0.717, 1.165) is 0 Å². The number of anilines is 1. The quantitative estimate of drug-likeness (QED) is 0.595. The first-order chi connectivity index (χ1) is 7.09. The monoisotopic (exact) mass is 209 g/mol. The lowest BCUT2D eigenvalue weighted by Gasteiger charge is -1.89. The Labute approximate surface area is 83.6 Å². The second-order valence-electron chi connectivity index (χ2n) is 2.92. The minimum Gasteiger partial charge on any atom is -0.399 e. The van der Waals surface area contributed by atoms with Crippen LogP contribution < -0.4 is 5.73 Å². The molecule has 2 aromatic heterocycles. The van der Waals surface area contributed by atoms with Gasteiger partial charge in [0.2, 0.25) is 5.88 Å². The smallest absolute Gasteiger partial charge is 0.399 e. The Morgan fingerprint density at radius 2 is 2.27 bits per heavy atom. The second-order valence-corrected chi connectivity index (χ2v) is 2.92. The normalized spacial score (nSPS) is 10.5. The molecule has 0 aliphatic carbocycles. The van der Waals surface area contributed by atoms with E-state index in [1.807, 2.05) is 0 Å². The van der Waals surface area contributed by atoms with E-state index in [2.05, 4.69) is 5.16 Å². The lowest BCUT2D eigenvalue weighted by atomic mass is 10.2. The molecule has 7 heteroatoms. The number of rotatable bonds is 2. The highest BCUT2D eigenvalue weighted by Crippen LogP contribution is 2.29. The van der Waals surface area contributed by atoms with Gasteiger partial charge in [-0.05, 0) is 13.0 Å². The van der Waals surface area contributed by atoms with Gasteiger partial charge in [-0.2, -0.15) is 0 Å². The van der Waals surface area contributed by atoms with E-state index in [1.54, 1.807) is 6.92 Å². The minimum absolute atomic E-state index is 0.170. The van der Waals surface area contributed by atoms with Gasteiger partial charge in [-0.15, -0.1) is 0 Å². The molecule has 0 amide bonds. The van der Waals surface area contributed by atoms with Crippen LogP contribution in [0.5, 0.6) is 0 Å². The summed E-state index contributed by atoms with van der Waals surface area (Å²) in [5.74, 6) is 0.0923. The fourth-order valence-electron chi connectivity index (χ4n) is 1.13. The molecule has 2 N–H and O–H groups in total. The van der Waals surface area contributed by atoms with Crippen molar-refractivity contribution in [2.75, 3.05) is 5.73 Å². The maximum atomic E-state index is 10.4. The summed E-state index contributed by atoms with van der Waals surface area (Å²) in [5.41, 5.74) is 6.41. The highest BCUT2D eigenvalue weighted by molar-refractivity contribution is 5.62. The molecule has 0 bridgehead atoms. The van der Waals surface area contributed by atoms with Crippen LogP contribution >= 0.6 is 0 Å². The molecule has 0 aliphatic rings. The molecule has 0 unspecified atom stereocenters. The van der Waals surface area contributed by atoms with Crippen LogP contribution in [0.25, 0.3) is 11.5 Å². The fourth-order valence-corrected chi connectivity index (χ4v) is 1.13. The van der Waals surface area contributed by atoms with Crippen molar-refractivity contribution in [3.63, 3.8) is 0 Å². The molecule has 2 rings (SSSR count). The van der Waals surface area contributed by atoms with Crippen molar-refractivity contribution in [1.29, 1.82) is 0 Å². The highest BCUT2D eigenvalue weighted by atomic mass is 16.6. The molecule has 0 saturated carbocycles. The summed E-state index contributed by atoms with van der Waals surface area (Å²) in [6.45, 7) is 1.69. The zero-order chi connectivity index (χ0) is 11.0. The number of nitrogen functional groups attached to an aromatic ring is 1. The molecule has 2 aromatic rings. The molecular weight excluding hydrogens is 202 g/mol. The highest BCUT2D eigenvalue weighted by Gasteiger charge is 2.18. The molecule has 0 aromatic carbocycles. The molecule has 7 nitrogen and oxygen atoms in total. The van der Waals surface area contributed by atoms with E-state index < -0.39 is 4.92 Å². The first-order valence-electron chi connectivity index (χ1n) is 4.06. The summed E-state index contributed by atoms with van der Waals surface area (Å²) in [7, 11) is 0. The van der Waals surface area contributed by atoms with E-state index in [-0.39, 0.29) is 17.5 Å². The second kappa shape index (κ2) is 3.12. The minimum atomic E-state index is -0.623. The van der Waals surface area contributed by atoms with Gasteiger partial charge < -0.3 is 14.7 Å². The molecule has 0 aliphatic heterocycles. The third-order valence-electron chi connectivity index (χ3n) is 1.97. The van der Waals surface area contributed by atoms with Crippen molar-refractivity contribution in [1.82, 2.24) is 5.16 Å². The van der Waals surface area contributed by atoms with Gasteiger partial charge in [0.15, 0.2) is 11.5 Å². The average Bonchev–Trinajstić information content (AvgIpc) is 2.76. The van der Waals surface area contributed by atoms with Gasteiger partial charge in [-0.1, -0.05) is 5.16 Å². The largest absolute Gasteiger partial charge is 0.433 e. The Morgan fingerprint density at radius 1 is 1.53 bits per heavy atom. The summed E-state index contributed by atoms with van der Waals surface area (Å²) in [5, 5.41) is 14.0. The number of hydrogen-bond donors (Lipinski definition) is 1. The van der Waals surface area contributed by atoms with Gasteiger partial charge in [0.25, 0.3) is 0 Å². The third kappa shape index (κ3) is 1.43. The van der Waals surface area contributed by atoms with Crippen LogP contribution in [-0.4, -0.2) is 10.1 Å². The molecular formula is C8H7N3O4. The summed E-state index contributed by atoms with van der Waals surface area (Å²) < 4.78 is 9.67. The number of nitrogens with two attached hydrogens (primary N) is 1. The van der Waals surface area contributed by atoms with E-state index in [1.165, 1.54) is 12.1 Å². The van der Waals surface area contributed by atoms with Crippen molar-refractivity contribution < 1.29 is 13.9 Å². The molecule has 0 saturated heterocycles. The van der Waals surface area contributed by atoms with Crippen molar-refractivity contribution >= 4 is 11.8 Å². The number of nitro groups is 1. The SMILES string of the molecule is Cc1c(-c2ccc([N+](=O)[O-])o2)noc1N. The lowest BCUT2D eigenvalue weighted by Crippen LogP contribution is -1.84. The van der Waals surface area contributed by atoms with Crippen LogP contribution in [0.2, 0.25) is 0 Å². The van der Waals surface area contributed by atoms with Crippen molar-refractivity contribution in [2.24, 2.45) is 0 Å². The van der Waals surface area contributed by atoms with Crippen LogP contribution in [0.1, 0.15) is 5.56 Å². The van der Waals surface area contributed by atoms with E-state index in [0.29, 0.717) is 11.3 Å². The molecule has 0 spiro atoms. The van der Waals surface area contributed by atoms with Gasteiger partial charge in [-0.3, -0.25) is 10.1 Å². The Morgan fingerprint density at radius 3 is 2.73 bits per heavy atom. The molecule has 0 fully saturated rings. The number of furan rings is 1. The van der Waals surface area contributed by atoms with Gasteiger partial charge in [0, 0.05) is 5.56 Å². The van der Waals surface area contributed by atoms with Gasteiger partial charge in [0.1, 0.15) is 4.92 Å². The standard InChI is InChI=1S/C8H7N3O4/c1-4-7(10-15-8(4)9)5-2-3-6(14-5)11(12)13/h2-3H,9H2,1H3. The van der Waals surface area contributed by atoms with E-state index >= 15 is 0 Å². The van der Waals surface area contributed by atoms with E-state index in [9.17, 15) is 10.1 Å². The molecule has 0 atom stereocenters. The Hall–Kier alpha value is -2.31. The fraction of sp³-hybridized carbons (Fsp3) is 0.125. The number of nitrogens with zero attached hydrogens (tertiary/aromatic N) is 2. The molecule has 78 valence electrons. The zero-order valence-electron chi connectivity index (χ0n) is 7.76. The van der Waals surface area contributed by atoms with Crippen LogP contribution in [-0.2, 0) is 0 Å². The van der Waals surface area contributed by atoms with Crippen LogP contribution in [0.15, 0.2) is 21.1 Å². The number of aromatic nitrogens is 1. The van der Waals surface area contributed by atoms with Crippen molar-refractivity contribution in [3.8, 4) is 11.5 Å². The maximum absolute atomic E-state index is 10.4. The molecule has 15 heavy (non-hydrogen) atoms. The molecule has 0 radical (unpaired) electrons. The predicted octanol–water partition coefficient (Wildman–Crippen LogP) is 1.73. The first kappa shape index (κ1) is 9.25. The van der Waals surface area contributed by atoms with Crippen LogP contribution in [0.4, 0.5) is 11.8 Å². The Bertz CT molecular complexity index is 514. The van der Waals surface area contributed by atoms with Crippen molar-refractivity contribution in [2.45, 2.75) is 6.92 Å². The van der Waals surface area contributed by atoms with Crippen LogP contribution in [0, 0.1) is 17.0 Å². The third-order valence-corrected chi connectivity index (χ3v) is 1.97. The van der Waals surface area contributed by atoms with Gasteiger partial charge >= 0.3 is 5.88 Å². The zero-order valence-corrected chi connectivity index (χ0v) is 7.76. The summed E-state index contributed by atoms with van der Waals surface area (Å²) in [4.78, 5) is 9.76. The topological polar surface area (TPSA) is 108 Å². The summed E-state index contributed by atoms with van der Waals surface area (Å²) >= 11 is 0. The summed E-state index contributed by atoms with van der Waals surface area (Å²) in [6.07, 6.45) is 0. The Kier molecular flexibility index (Phi) is 1.93. The first-order valence-corrected chi connectivity index (χ1v) is 4.06. The average molecular weight is 209 g/mol. The molecule has 2 heterocycles. The van der Waals surface area contributed by atoms with Gasteiger partial charge in [0.05, 0.1) is 6.07 Å². The predicted molar refractivity (Wildman–Crippen MR) is 50.0 cm³/mol. The Balaban J connectivity index is 2.46. The van der Waals surface area contributed by atoms with E-state index in [4.69, 9.17) is 14.7 Å². The van der Waals surface area contributed by atoms with Gasteiger partial charge in [-0.25, -0.2) is 0 Å². The number of hydrogen-bond acceptors (Lipinski definition) is 6. The lowest BCUT2D eigenvalue weighted by molar-refractivity contribution is -0.401. The maximum Gasteiger partial charge on any atom is 0.433 e. The van der Waals surface area contributed by atoms with Crippen LogP contribution in [0.3, 0.4) is 0 Å². The summed E-state index contributed by atoms with van der Waals surface area (Å²) in [6, 6.07) is 2.70. The van der Waals surface area contributed by atoms with Crippen molar-refractivity contribution in [3.05, 3.63) is 27.8 Å².